The minimum Gasteiger partial charge on any atom is -0.497 e. The van der Waals surface area contributed by atoms with Gasteiger partial charge >= 0.3 is 0 Å². The first-order chi connectivity index (χ1) is 14.6. The highest BCUT2D eigenvalue weighted by molar-refractivity contribution is 5.80. The molecule has 0 aromatic heterocycles. The number of likely N-dealkylation sites (tertiary alicyclic amines) is 2. The molecule has 2 N–H and O–H groups in total. The summed E-state index contributed by atoms with van der Waals surface area (Å²) >= 11 is 0. The molecule has 0 saturated carbocycles. The van der Waals surface area contributed by atoms with E-state index in [0.29, 0.717) is 6.42 Å². The van der Waals surface area contributed by atoms with Crippen LogP contribution in [0.3, 0.4) is 0 Å². The van der Waals surface area contributed by atoms with E-state index in [-0.39, 0.29) is 18.0 Å². The van der Waals surface area contributed by atoms with E-state index in [4.69, 9.17) is 4.74 Å². The lowest BCUT2D eigenvalue weighted by atomic mass is 10.0. The number of amides is 1. The molecular weight excluding hydrogens is 378 g/mol. The molecule has 7 nitrogen and oxygen atoms in total. The summed E-state index contributed by atoms with van der Waals surface area (Å²) in [7, 11) is 3.51. The van der Waals surface area contributed by atoms with Crippen LogP contribution >= 0.6 is 0 Å². The molecule has 0 bridgehead atoms. The minimum absolute atomic E-state index is 0.229. The van der Waals surface area contributed by atoms with Crippen molar-refractivity contribution in [1.82, 2.24) is 20.4 Å². The number of hydrogen-bond donors (Lipinski definition) is 2. The fraction of sp³-hybridized carbons (Fsp3) is 0.652. The van der Waals surface area contributed by atoms with E-state index in [2.05, 4.69) is 32.7 Å². The van der Waals surface area contributed by atoms with Gasteiger partial charge < -0.3 is 20.3 Å². The predicted molar refractivity (Wildman–Crippen MR) is 121 cm³/mol. The number of nitrogens with one attached hydrogen (secondary N) is 2. The highest BCUT2D eigenvalue weighted by Gasteiger charge is 2.27. The van der Waals surface area contributed by atoms with Gasteiger partial charge in [-0.25, -0.2) is 0 Å². The van der Waals surface area contributed by atoms with E-state index in [9.17, 15) is 4.79 Å². The van der Waals surface area contributed by atoms with Gasteiger partial charge in [-0.3, -0.25) is 14.7 Å². The summed E-state index contributed by atoms with van der Waals surface area (Å²) in [5.74, 6) is 1.92. The monoisotopic (exact) mass is 415 g/mol. The Morgan fingerprint density at radius 1 is 1.20 bits per heavy atom. The van der Waals surface area contributed by atoms with E-state index in [1.54, 1.807) is 7.11 Å². The van der Waals surface area contributed by atoms with Crippen LogP contribution in [0.4, 0.5) is 0 Å². The number of benzene rings is 1. The van der Waals surface area contributed by atoms with Crippen LogP contribution in [0.1, 0.15) is 50.6 Å². The Morgan fingerprint density at radius 2 is 1.93 bits per heavy atom. The Morgan fingerprint density at radius 3 is 2.57 bits per heavy atom. The van der Waals surface area contributed by atoms with Gasteiger partial charge in [-0.2, -0.15) is 0 Å². The summed E-state index contributed by atoms with van der Waals surface area (Å²) in [4.78, 5) is 20.9. The second-order valence-electron chi connectivity index (χ2n) is 8.16. The standard InChI is InChI=1S/C23H37N5O2/c1-4-22(29)28-15-12-19(17-28)26-23(24-2)25-16-21(27-13-6-5-7-14-27)18-8-10-20(30-3)11-9-18/h8-11,19,21H,4-7,12-17H2,1-3H3,(H2,24,25,26). The second kappa shape index (κ2) is 11.2. The van der Waals surface area contributed by atoms with Crippen LogP contribution in [-0.4, -0.2) is 74.6 Å². The van der Waals surface area contributed by atoms with Crippen molar-refractivity contribution in [2.75, 3.05) is 46.9 Å². The fourth-order valence-electron chi connectivity index (χ4n) is 4.42. The van der Waals surface area contributed by atoms with Gasteiger partial charge in [0.15, 0.2) is 5.96 Å². The first-order valence-electron chi connectivity index (χ1n) is 11.3. The highest BCUT2D eigenvalue weighted by Crippen LogP contribution is 2.26. The Hall–Kier alpha value is -2.28. The molecule has 2 fully saturated rings. The van der Waals surface area contributed by atoms with Crippen molar-refractivity contribution in [3.05, 3.63) is 29.8 Å². The summed E-state index contributed by atoms with van der Waals surface area (Å²) < 4.78 is 5.33. The minimum atomic E-state index is 0.229. The van der Waals surface area contributed by atoms with Gasteiger partial charge in [0.25, 0.3) is 0 Å². The van der Waals surface area contributed by atoms with Gasteiger partial charge in [-0.1, -0.05) is 25.5 Å². The van der Waals surface area contributed by atoms with Crippen LogP contribution in [-0.2, 0) is 4.79 Å². The van der Waals surface area contributed by atoms with E-state index >= 15 is 0 Å². The molecule has 2 aliphatic heterocycles. The summed E-state index contributed by atoms with van der Waals surface area (Å²) in [6.07, 6.45) is 5.35. The first-order valence-corrected chi connectivity index (χ1v) is 11.3. The van der Waals surface area contributed by atoms with E-state index < -0.39 is 0 Å². The molecule has 0 spiro atoms. The van der Waals surface area contributed by atoms with Crippen molar-refractivity contribution in [2.24, 2.45) is 4.99 Å². The zero-order valence-corrected chi connectivity index (χ0v) is 18.7. The van der Waals surface area contributed by atoms with Gasteiger partial charge in [0.2, 0.25) is 5.91 Å². The van der Waals surface area contributed by atoms with Crippen LogP contribution < -0.4 is 15.4 Å². The SMILES string of the molecule is CCC(=O)N1CCC(NC(=NC)NCC(c2ccc(OC)cc2)N2CCCCC2)C1. The largest absolute Gasteiger partial charge is 0.497 e. The average molecular weight is 416 g/mol. The van der Waals surface area contributed by atoms with Gasteiger partial charge in [-0.05, 0) is 50.0 Å². The Kier molecular flexibility index (Phi) is 8.37. The summed E-state index contributed by atoms with van der Waals surface area (Å²) in [5, 5.41) is 7.05. The van der Waals surface area contributed by atoms with Crippen molar-refractivity contribution in [3.8, 4) is 5.75 Å². The van der Waals surface area contributed by atoms with Crippen molar-refractivity contribution in [2.45, 2.75) is 51.1 Å². The molecule has 1 aromatic carbocycles. The Balaban J connectivity index is 1.61. The lowest BCUT2D eigenvalue weighted by molar-refractivity contribution is -0.129. The number of piperidine rings is 1. The molecular formula is C23H37N5O2. The molecule has 3 rings (SSSR count). The summed E-state index contributed by atoms with van der Waals surface area (Å²) in [5.41, 5.74) is 1.29. The van der Waals surface area contributed by atoms with Crippen molar-refractivity contribution >= 4 is 11.9 Å². The molecule has 2 heterocycles. The van der Waals surface area contributed by atoms with Crippen LogP contribution in [0, 0.1) is 0 Å². The number of carbonyl (C=O) groups is 1. The molecule has 166 valence electrons. The third-order valence-electron chi connectivity index (χ3n) is 6.20. The number of nitrogens with zero attached hydrogens (tertiary/aromatic N) is 3. The zero-order valence-electron chi connectivity index (χ0n) is 18.7. The number of guanidine groups is 1. The van der Waals surface area contributed by atoms with Crippen molar-refractivity contribution in [3.63, 3.8) is 0 Å². The van der Waals surface area contributed by atoms with Crippen LogP contribution in [0.15, 0.2) is 29.3 Å². The predicted octanol–water partition coefficient (Wildman–Crippen LogP) is 2.40. The highest BCUT2D eigenvalue weighted by atomic mass is 16.5. The molecule has 7 heteroatoms. The maximum atomic E-state index is 11.9. The van der Waals surface area contributed by atoms with Gasteiger partial charge in [0.05, 0.1) is 13.2 Å². The molecule has 2 unspecified atom stereocenters. The number of rotatable bonds is 7. The average Bonchev–Trinajstić information content (AvgIpc) is 3.27. The van der Waals surface area contributed by atoms with Crippen LogP contribution in [0.25, 0.3) is 0 Å². The lowest BCUT2D eigenvalue weighted by Gasteiger charge is -2.35. The number of carbonyl (C=O) groups excluding carboxylic acids is 1. The Labute approximate surface area is 180 Å². The number of ether oxygens (including phenoxy) is 1. The van der Waals surface area contributed by atoms with Gasteiger partial charge in [0.1, 0.15) is 5.75 Å². The third kappa shape index (κ3) is 5.88. The van der Waals surface area contributed by atoms with Crippen molar-refractivity contribution < 1.29 is 9.53 Å². The molecule has 2 aliphatic rings. The van der Waals surface area contributed by atoms with E-state index in [1.165, 1.54) is 24.8 Å². The Bertz CT molecular complexity index is 700. The first kappa shape index (κ1) is 22.4. The molecule has 1 amide bonds. The van der Waals surface area contributed by atoms with Crippen LogP contribution in [0.5, 0.6) is 5.75 Å². The molecule has 2 atom stereocenters. The maximum absolute atomic E-state index is 11.9. The summed E-state index contributed by atoms with van der Waals surface area (Å²) in [6.45, 7) is 6.53. The number of methoxy groups -OCH3 is 1. The number of aliphatic imine (C=N–C) groups is 1. The summed E-state index contributed by atoms with van der Waals surface area (Å²) in [6, 6.07) is 8.95. The zero-order chi connectivity index (χ0) is 21.3. The fourth-order valence-corrected chi connectivity index (χ4v) is 4.42. The van der Waals surface area contributed by atoms with Gasteiger partial charge in [0, 0.05) is 39.1 Å². The smallest absolute Gasteiger partial charge is 0.222 e. The molecule has 0 radical (unpaired) electrons. The molecule has 0 aliphatic carbocycles. The number of hydrogen-bond acceptors (Lipinski definition) is 4. The van der Waals surface area contributed by atoms with E-state index in [0.717, 1.165) is 50.9 Å². The maximum Gasteiger partial charge on any atom is 0.222 e. The third-order valence-corrected chi connectivity index (χ3v) is 6.20. The van der Waals surface area contributed by atoms with E-state index in [1.807, 2.05) is 31.0 Å². The second-order valence-corrected chi connectivity index (χ2v) is 8.16. The normalized spacial score (nSPS) is 21.4. The van der Waals surface area contributed by atoms with Crippen LogP contribution in [0.2, 0.25) is 0 Å². The van der Waals surface area contributed by atoms with Gasteiger partial charge in [-0.15, -0.1) is 0 Å². The molecule has 30 heavy (non-hydrogen) atoms. The molecule has 2 saturated heterocycles. The topological polar surface area (TPSA) is 69.2 Å². The lowest BCUT2D eigenvalue weighted by Crippen LogP contribution is -2.48. The molecule has 1 aromatic rings. The quantitative estimate of drug-likeness (QED) is 0.529. The van der Waals surface area contributed by atoms with Crippen molar-refractivity contribution in [1.29, 1.82) is 0 Å².